The zero-order chi connectivity index (χ0) is 20.8. The van der Waals surface area contributed by atoms with Crippen LogP contribution in [-0.4, -0.2) is 20.3 Å². The number of fused-ring (bicyclic) bond motifs is 1. The first-order valence-electron chi connectivity index (χ1n) is 10.3. The molecule has 5 rings (SSSR count). The molecule has 0 N–H and O–H groups in total. The normalized spacial score (nSPS) is 15.4. The Labute approximate surface area is 176 Å². The predicted octanol–water partition coefficient (Wildman–Crippen LogP) is 5.59. The van der Waals surface area contributed by atoms with Gasteiger partial charge in [-0.3, -0.25) is 9.36 Å². The summed E-state index contributed by atoms with van der Waals surface area (Å²) >= 11 is 0. The van der Waals surface area contributed by atoms with E-state index in [0.717, 1.165) is 40.1 Å². The van der Waals surface area contributed by atoms with E-state index in [1.54, 1.807) is 18.5 Å². The molecule has 2 aromatic heterocycles. The van der Waals surface area contributed by atoms with Gasteiger partial charge in [0.1, 0.15) is 0 Å². The Morgan fingerprint density at radius 2 is 1.40 bits per heavy atom. The summed E-state index contributed by atoms with van der Waals surface area (Å²) in [7, 11) is 0. The summed E-state index contributed by atoms with van der Waals surface area (Å²) in [5.41, 5.74) is 8.49. The van der Waals surface area contributed by atoms with Gasteiger partial charge in [-0.2, -0.15) is 0 Å². The molecule has 0 saturated heterocycles. The Kier molecular flexibility index (Phi) is 4.35. The molecular weight excluding hydrogens is 370 g/mol. The standard InChI is InChI=1S/C26H23N3O/c1-16-5-9-19(10-6-16)22-21-15-18(3)25(30)24(21)29(26-27-13-4-14-28-26)23(22)20-11-7-17(2)8-12-20/h4-14,18H,15H2,1-3H3. The van der Waals surface area contributed by atoms with Gasteiger partial charge in [0.2, 0.25) is 5.95 Å². The molecule has 4 nitrogen and oxygen atoms in total. The van der Waals surface area contributed by atoms with E-state index in [-0.39, 0.29) is 11.7 Å². The van der Waals surface area contributed by atoms with Crippen LogP contribution >= 0.6 is 0 Å². The van der Waals surface area contributed by atoms with Crippen LogP contribution in [0.4, 0.5) is 0 Å². The second-order valence-corrected chi connectivity index (χ2v) is 8.14. The maximum atomic E-state index is 13.3. The quantitative estimate of drug-likeness (QED) is 0.456. The minimum Gasteiger partial charge on any atom is -0.292 e. The van der Waals surface area contributed by atoms with Crippen molar-refractivity contribution >= 4 is 5.78 Å². The minimum absolute atomic E-state index is 0.0405. The first kappa shape index (κ1) is 18.5. The van der Waals surface area contributed by atoms with Crippen LogP contribution in [0.25, 0.3) is 28.3 Å². The van der Waals surface area contributed by atoms with Crippen LogP contribution in [-0.2, 0) is 6.42 Å². The van der Waals surface area contributed by atoms with Gasteiger partial charge >= 0.3 is 0 Å². The van der Waals surface area contributed by atoms with Crippen LogP contribution < -0.4 is 0 Å². The second-order valence-electron chi connectivity index (χ2n) is 8.14. The molecule has 1 aliphatic carbocycles. The van der Waals surface area contributed by atoms with Gasteiger partial charge in [0.15, 0.2) is 5.78 Å². The van der Waals surface area contributed by atoms with Crippen LogP contribution in [0.1, 0.15) is 34.1 Å². The van der Waals surface area contributed by atoms with E-state index in [1.165, 1.54) is 11.1 Å². The molecule has 4 aromatic rings. The summed E-state index contributed by atoms with van der Waals surface area (Å²) < 4.78 is 1.97. The number of hydrogen-bond acceptors (Lipinski definition) is 3. The van der Waals surface area contributed by atoms with E-state index < -0.39 is 0 Å². The fraction of sp³-hybridized carbons (Fsp3) is 0.192. The highest BCUT2D eigenvalue weighted by molar-refractivity contribution is 6.06. The molecular formula is C26H23N3O. The smallest absolute Gasteiger partial charge is 0.234 e. The van der Waals surface area contributed by atoms with Gasteiger partial charge in [0.05, 0.1) is 11.4 Å². The molecule has 0 saturated carbocycles. The summed E-state index contributed by atoms with van der Waals surface area (Å²) in [4.78, 5) is 22.3. The molecule has 4 heteroatoms. The summed E-state index contributed by atoms with van der Waals surface area (Å²) in [5, 5.41) is 0. The Morgan fingerprint density at radius 1 is 0.833 bits per heavy atom. The number of Topliss-reactive ketones (excluding diaryl/α,β-unsaturated/α-hetero) is 1. The average molecular weight is 393 g/mol. The molecule has 2 heterocycles. The summed E-state index contributed by atoms with van der Waals surface area (Å²) in [6.45, 7) is 6.17. The molecule has 30 heavy (non-hydrogen) atoms. The first-order chi connectivity index (χ1) is 14.5. The zero-order valence-electron chi connectivity index (χ0n) is 17.4. The number of carbonyl (C=O) groups is 1. The summed E-state index contributed by atoms with van der Waals surface area (Å²) in [6.07, 6.45) is 4.18. The van der Waals surface area contributed by atoms with Crippen molar-refractivity contribution in [3.63, 3.8) is 0 Å². The maximum Gasteiger partial charge on any atom is 0.234 e. The molecule has 1 unspecified atom stereocenters. The second kappa shape index (κ2) is 7.06. The number of hydrogen-bond donors (Lipinski definition) is 0. The Bertz CT molecular complexity index is 1240. The Hall–Kier alpha value is -3.53. The number of nitrogens with zero attached hydrogens (tertiary/aromatic N) is 3. The molecule has 0 spiro atoms. The first-order valence-corrected chi connectivity index (χ1v) is 10.3. The van der Waals surface area contributed by atoms with E-state index in [9.17, 15) is 4.79 Å². The van der Waals surface area contributed by atoms with Crippen molar-refractivity contribution in [2.24, 2.45) is 5.92 Å². The van der Waals surface area contributed by atoms with Gasteiger partial charge < -0.3 is 0 Å². The molecule has 0 amide bonds. The highest BCUT2D eigenvalue weighted by atomic mass is 16.1. The highest BCUT2D eigenvalue weighted by Gasteiger charge is 2.38. The van der Waals surface area contributed by atoms with Crippen LogP contribution in [0.2, 0.25) is 0 Å². The SMILES string of the molecule is Cc1ccc(-c2c3c(n(-c4ncccn4)c2-c2ccc(C)cc2)C(=O)C(C)C3)cc1. The van der Waals surface area contributed by atoms with Gasteiger partial charge in [-0.1, -0.05) is 66.6 Å². The summed E-state index contributed by atoms with van der Waals surface area (Å²) in [6, 6.07) is 18.8. The number of ketones is 1. The van der Waals surface area contributed by atoms with Crippen molar-refractivity contribution in [3.8, 4) is 28.3 Å². The van der Waals surface area contributed by atoms with Gasteiger partial charge in [0.25, 0.3) is 0 Å². The van der Waals surface area contributed by atoms with Crippen molar-refractivity contribution in [2.75, 3.05) is 0 Å². The number of carbonyl (C=O) groups excluding carboxylic acids is 1. The third-order valence-corrected chi connectivity index (χ3v) is 5.88. The number of rotatable bonds is 3. The lowest BCUT2D eigenvalue weighted by molar-refractivity contribution is 0.0940. The van der Waals surface area contributed by atoms with Gasteiger partial charge in [-0.05, 0) is 43.0 Å². The topological polar surface area (TPSA) is 47.8 Å². The van der Waals surface area contributed by atoms with Crippen molar-refractivity contribution in [1.29, 1.82) is 0 Å². The molecule has 148 valence electrons. The van der Waals surface area contributed by atoms with Crippen molar-refractivity contribution < 1.29 is 4.79 Å². The third-order valence-electron chi connectivity index (χ3n) is 5.88. The average Bonchev–Trinajstić information content (AvgIpc) is 3.23. The highest BCUT2D eigenvalue weighted by Crippen LogP contribution is 2.45. The van der Waals surface area contributed by atoms with Gasteiger partial charge in [-0.25, -0.2) is 9.97 Å². The Balaban J connectivity index is 1.90. The van der Waals surface area contributed by atoms with E-state index in [4.69, 9.17) is 0 Å². The van der Waals surface area contributed by atoms with Crippen LogP contribution in [0.3, 0.4) is 0 Å². The third kappa shape index (κ3) is 2.88. The Morgan fingerprint density at radius 3 is 2.00 bits per heavy atom. The monoisotopic (exact) mass is 393 g/mol. The van der Waals surface area contributed by atoms with Gasteiger partial charge in [0, 0.05) is 23.9 Å². The lowest BCUT2D eigenvalue weighted by Gasteiger charge is -2.14. The minimum atomic E-state index is -0.0405. The van der Waals surface area contributed by atoms with E-state index >= 15 is 0 Å². The fourth-order valence-corrected chi connectivity index (χ4v) is 4.33. The molecule has 2 aromatic carbocycles. The molecule has 1 aliphatic rings. The molecule has 0 fully saturated rings. The number of benzene rings is 2. The molecule has 0 aliphatic heterocycles. The van der Waals surface area contributed by atoms with E-state index in [1.807, 2.05) is 11.5 Å². The molecule has 1 atom stereocenters. The summed E-state index contributed by atoms with van der Waals surface area (Å²) in [5.74, 6) is 0.649. The molecule has 0 radical (unpaired) electrons. The van der Waals surface area contributed by atoms with Crippen molar-refractivity contribution in [1.82, 2.24) is 14.5 Å². The number of aryl methyl sites for hydroxylation is 2. The number of aromatic nitrogens is 3. The predicted molar refractivity (Wildman–Crippen MR) is 119 cm³/mol. The zero-order valence-corrected chi connectivity index (χ0v) is 17.4. The molecule has 0 bridgehead atoms. The van der Waals surface area contributed by atoms with Crippen molar-refractivity contribution in [3.05, 3.63) is 89.4 Å². The van der Waals surface area contributed by atoms with Crippen LogP contribution in [0.15, 0.2) is 67.0 Å². The fourth-order valence-electron chi connectivity index (χ4n) is 4.33. The van der Waals surface area contributed by atoms with E-state index in [0.29, 0.717) is 5.95 Å². The van der Waals surface area contributed by atoms with Crippen molar-refractivity contribution in [2.45, 2.75) is 27.2 Å². The van der Waals surface area contributed by atoms with Crippen LogP contribution in [0.5, 0.6) is 0 Å². The van der Waals surface area contributed by atoms with E-state index in [2.05, 4.69) is 72.3 Å². The maximum absolute atomic E-state index is 13.3. The van der Waals surface area contributed by atoms with Gasteiger partial charge in [-0.15, -0.1) is 0 Å². The van der Waals surface area contributed by atoms with Crippen LogP contribution in [0, 0.1) is 19.8 Å². The largest absolute Gasteiger partial charge is 0.292 e. The lowest BCUT2D eigenvalue weighted by Crippen LogP contribution is -2.13. The lowest BCUT2D eigenvalue weighted by atomic mass is 9.95.